The second-order valence-electron chi connectivity index (χ2n) is 6.31. The molecule has 7 nitrogen and oxygen atoms in total. The molecule has 2 rings (SSSR count). The zero-order chi connectivity index (χ0) is 19.6. The maximum atomic E-state index is 11.8. The van der Waals surface area contributed by atoms with E-state index in [-0.39, 0.29) is 12.1 Å². The number of hydrogen-bond acceptors (Lipinski definition) is 4. The van der Waals surface area contributed by atoms with Crippen molar-refractivity contribution >= 4 is 23.7 Å². The molecule has 1 saturated heterocycles. The van der Waals surface area contributed by atoms with E-state index in [1.165, 1.54) is 0 Å². The number of nitrogens with zero attached hydrogens (tertiary/aromatic N) is 2. The number of benzene rings is 1. The summed E-state index contributed by atoms with van der Waals surface area (Å²) in [5.41, 5.74) is 1.06. The molecular weight excluding hydrogens is 368 g/mol. The molecular formula is C19H29ClN4O3. The Morgan fingerprint density at radius 3 is 2.70 bits per heavy atom. The maximum absolute atomic E-state index is 11.8. The van der Waals surface area contributed by atoms with E-state index in [0.717, 1.165) is 36.5 Å². The van der Waals surface area contributed by atoms with Crippen LogP contribution in [0.1, 0.15) is 25.3 Å². The first-order valence-corrected chi connectivity index (χ1v) is 9.66. The Balaban J connectivity index is 1.74. The van der Waals surface area contributed by atoms with E-state index in [0.29, 0.717) is 31.3 Å². The average Bonchev–Trinajstić information content (AvgIpc) is 2.69. The minimum absolute atomic E-state index is 0.227. The molecule has 0 radical (unpaired) electrons. The number of piperidine rings is 1. The number of carbonyl (C=O) groups is 1. The molecule has 1 aliphatic rings. The van der Waals surface area contributed by atoms with Crippen molar-refractivity contribution in [3.63, 3.8) is 0 Å². The van der Waals surface area contributed by atoms with Crippen LogP contribution in [0.15, 0.2) is 23.2 Å². The number of likely N-dealkylation sites (tertiary alicyclic amines) is 1. The molecule has 0 unspecified atom stereocenters. The lowest BCUT2D eigenvalue weighted by Crippen LogP contribution is -2.50. The summed E-state index contributed by atoms with van der Waals surface area (Å²) in [6, 6.07) is 5.99. The van der Waals surface area contributed by atoms with Gasteiger partial charge in [0.2, 0.25) is 0 Å². The van der Waals surface area contributed by atoms with E-state index in [9.17, 15) is 4.79 Å². The van der Waals surface area contributed by atoms with Crippen molar-refractivity contribution in [2.24, 2.45) is 4.99 Å². The number of rotatable bonds is 6. The average molecular weight is 397 g/mol. The van der Waals surface area contributed by atoms with Crippen LogP contribution in [0.25, 0.3) is 0 Å². The number of hydrogen-bond donors (Lipinski definition) is 2. The maximum Gasteiger partial charge on any atom is 0.409 e. The van der Waals surface area contributed by atoms with Gasteiger partial charge in [0.15, 0.2) is 5.96 Å². The van der Waals surface area contributed by atoms with Crippen molar-refractivity contribution in [1.29, 1.82) is 0 Å². The monoisotopic (exact) mass is 396 g/mol. The molecule has 0 aliphatic carbocycles. The molecule has 1 amide bonds. The second kappa shape index (κ2) is 10.9. The van der Waals surface area contributed by atoms with Crippen molar-refractivity contribution in [3.8, 4) is 5.75 Å². The van der Waals surface area contributed by atoms with Crippen LogP contribution in [0.2, 0.25) is 5.02 Å². The quantitative estimate of drug-likeness (QED) is 0.571. The van der Waals surface area contributed by atoms with Crippen LogP contribution in [-0.4, -0.2) is 63.4 Å². The Bertz CT molecular complexity index is 646. The molecule has 0 bridgehead atoms. The normalized spacial score (nSPS) is 15.4. The number of nitrogens with one attached hydrogen (secondary N) is 2. The highest BCUT2D eigenvalue weighted by molar-refractivity contribution is 6.31. The van der Waals surface area contributed by atoms with E-state index in [1.54, 1.807) is 19.1 Å². The van der Waals surface area contributed by atoms with Crippen LogP contribution < -0.4 is 15.4 Å². The van der Waals surface area contributed by atoms with Gasteiger partial charge in [0.05, 0.1) is 13.7 Å². The molecule has 2 N–H and O–H groups in total. The summed E-state index contributed by atoms with van der Waals surface area (Å²) in [6.07, 6.45) is 2.29. The first kappa shape index (κ1) is 21.2. The van der Waals surface area contributed by atoms with Gasteiger partial charge in [0.1, 0.15) is 5.75 Å². The summed E-state index contributed by atoms with van der Waals surface area (Å²) in [5, 5.41) is 7.44. The second-order valence-corrected chi connectivity index (χ2v) is 6.72. The number of methoxy groups -OCH3 is 1. The predicted molar refractivity (Wildman–Crippen MR) is 108 cm³/mol. The highest BCUT2D eigenvalue weighted by Gasteiger charge is 2.23. The van der Waals surface area contributed by atoms with Gasteiger partial charge >= 0.3 is 6.09 Å². The van der Waals surface area contributed by atoms with Gasteiger partial charge in [-0.1, -0.05) is 17.7 Å². The smallest absolute Gasteiger partial charge is 0.409 e. The molecule has 1 aliphatic heterocycles. The van der Waals surface area contributed by atoms with Crippen LogP contribution in [0.5, 0.6) is 5.75 Å². The van der Waals surface area contributed by atoms with E-state index in [1.807, 2.05) is 25.1 Å². The fourth-order valence-corrected chi connectivity index (χ4v) is 3.25. The van der Waals surface area contributed by atoms with E-state index in [4.69, 9.17) is 21.1 Å². The molecule has 1 fully saturated rings. The summed E-state index contributed by atoms with van der Waals surface area (Å²) in [5.74, 6) is 1.51. The highest BCUT2D eigenvalue weighted by Crippen LogP contribution is 2.22. The third-order valence-corrected chi connectivity index (χ3v) is 4.88. The molecule has 0 atom stereocenters. The lowest BCUT2D eigenvalue weighted by Gasteiger charge is -2.32. The van der Waals surface area contributed by atoms with Crippen LogP contribution in [-0.2, 0) is 11.2 Å². The van der Waals surface area contributed by atoms with Gasteiger partial charge in [-0.05, 0) is 43.9 Å². The standard InChI is InChI=1S/C19H29ClN4O3/c1-4-27-19(25)24-11-8-15(9-12-24)23-18(21-2)22-10-7-14-5-6-16(26-3)13-17(14)20/h5-6,13,15H,4,7-12H2,1-3H3,(H2,21,22,23). The first-order valence-electron chi connectivity index (χ1n) is 9.28. The van der Waals surface area contributed by atoms with Crippen LogP contribution >= 0.6 is 11.6 Å². The summed E-state index contributed by atoms with van der Waals surface area (Å²) >= 11 is 6.28. The number of aliphatic imine (C=N–C) groups is 1. The zero-order valence-corrected chi connectivity index (χ0v) is 17.0. The third kappa shape index (κ3) is 6.50. The van der Waals surface area contributed by atoms with Gasteiger partial charge in [-0.25, -0.2) is 4.79 Å². The van der Waals surface area contributed by atoms with Crippen molar-refractivity contribution in [1.82, 2.24) is 15.5 Å². The topological polar surface area (TPSA) is 75.2 Å². The van der Waals surface area contributed by atoms with Crippen LogP contribution in [0.3, 0.4) is 0 Å². The molecule has 150 valence electrons. The number of guanidine groups is 1. The Morgan fingerprint density at radius 2 is 2.11 bits per heavy atom. The molecule has 1 aromatic rings. The van der Waals surface area contributed by atoms with Crippen molar-refractivity contribution < 1.29 is 14.3 Å². The molecule has 0 aromatic heterocycles. The summed E-state index contributed by atoms with van der Waals surface area (Å²) < 4.78 is 10.2. The third-order valence-electron chi connectivity index (χ3n) is 4.53. The fraction of sp³-hybridized carbons (Fsp3) is 0.579. The molecule has 1 heterocycles. The number of carbonyl (C=O) groups excluding carboxylic acids is 1. The van der Waals surface area contributed by atoms with Crippen molar-refractivity contribution in [2.45, 2.75) is 32.2 Å². The molecule has 1 aromatic carbocycles. The molecule has 0 saturated carbocycles. The van der Waals surface area contributed by atoms with Gasteiger partial charge < -0.3 is 25.0 Å². The van der Waals surface area contributed by atoms with E-state index >= 15 is 0 Å². The summed E-state index contributed by atoms with van der Waals surface area (Å²) in [4.78, 5) is 17.8. The van der Waals surface area contributed by atoms with Gasteiger partial charge in [0.25, 0.3) is 0 Å². The van der Waals surface area contributed by atoms with Gasteiger partial charge in [-0.2, -0.15) is 0 Å². The molecule has 8 heteroatoms. The van der Waals surface area contributed by atoms with Crippen LogP contribution in [0, 0.1) is 0 Å². The van der Waals surface area contributed by atoms with Crippen molar-refractivity contribution in [2.75, 3.05) is 40.4 Å². The minimum Gasteiger partial charge on any atom is -0.497 e. The Labute approximate surface area is 166 Å². The highest BCUT2D eigenvalue weighted by atomic mass is 35.5. The number of ether oxygens (including phenoxy) is 2. The van der Waals surface area contributed by atoms with Crippen molar-refractivity contribution in [3.05, 3.63) is 28.8 Å². The Morgan fingerprint density at radius 1 is 1.37 bits per heavy atom. The number of amides is 1. The molecule has 0 spiro atoms. The SMILES string of the molecule is CCOC(=O)N1CCC(NC(=NC)NCCc2ccc(OC)cc2Cl)CC1. The van der Waals surface area contributed by atoms with Gasteiger partial charge in [-0.15, -0.1) is 0 Å². The van der Waals surface area contributed by atoms with Gasteiger partial charge in [-0.3, -0.25) is 4.99 Å². The summed E-state index contributed by atoms with van der Waals surface area (Å²) in [7, 11) is 3.38. The fourth-order valence-electron chi connectivity index (χ4n) is 2.98. The minimum atomic E-state index is -0.227. The zero-order valence-electron chi connectivity index (χ0n) is 16.3. The Hall–Kier alpha value is -2.15. The largest absolute Gasteiger partial charge is 0.497 e. The number of halogens is 1. The first-order chi connectivity index (χ1) is 13.1. The van der Waals surface area contributed by atoms with E-state index in [2.05, 4.69) is 15.6 Å². The predicted octanol–water partition coefficient (Wildman–Crippen LogP) is 2.68. The van der Waals surface area contributed by atoms with E-state index < -0.39 is 0 Å². The lowest BCUT2D eigenvalue weighted by molar-refractivity contribution is 0.0963. The summed E-state index contributed by atoms with van der Waals surface area (Å²) in [6.45, 7) is 4.32. The lowest BCUT2D eigenvalue weighted by atomic mass is 10.1. The van der Waals surface area contributed by atoms with Crippen LogP contribution in [0.4, 0.5) is 4.79 Å². The van der Waals surface area contributed by atoms with Gasteiger partial charge in [0, 0.05) is 37.7 Å². The Kier molecular flexibility index (Phi) is 8.51. The molecule has 27 heavy (non-hydrogen) atoms.